The predicted octanol–water partition coefficient (Wildman–Crippen LogP) is 18.6. The molecule has 0 radical (unpaired) electrons. The van der Waals surface area contributed by atoms with Crippen LogP contribution in [0.25, 0.3) is 83.9 Å². The van der Waals surface area contributed by atoms with Gasteiger partial charge in [-0.3, -0.25) is 9.55 Å². The Morgan fingerprint density at radius 3 is 1.79 bits per heavy atom. The number of fused-ring (bicyclic) bond motifs is 1. The topological polar surface area (TPSA) is 50.9 Å². The molecule has 7 aromatic carbocycles. The van der Waals surface area contributed by atoms with Crippen LogP contribution in [0.15, 0.2) is 158 Å². The van der Waals surface area contributed by atoms with Gasteiger partial charge in [0.1, 0.15) is 11.6 Å². The molecule has 0 fully saturated rings. The van der Waals surface area contributed by atoms with Crippen LogP contribution < -0.4 is 0 Å². The van der Waals surface area contributed by atoms with E-state index < -0.39 is 18.2 Å². The molecule has 2 aromatic heterocycles. The maximum Gasteiger partial charge on any atom is 0.149 e. The molecule has 0 saturated carbocycles. The minimum Gasteiger partial charge on any atom is -0.507 e. The summed E-state index contributed by atoms with van der Waals surface area (Å²) in [6, 6.07) is 51.9. The number of aryl methyl sites for hydroxylation is 1. The molecule has 0 aliphatic carbocycles. The van der Waals surface area contributed by atoms with Gasteiger partial charge in [-0.15, -0.1) is 0 Å². The monoisotopic (exact) mass is 1130 g/mol. The summed E-state index contributed by atoms with van der Waals surface area (Å²) in [5.74, 6) is -0.307. The molecule has 9 rings (SSSR count). The zero-order chi connectivity index (χ0) is 54.2. The van der Waals surface area contributed by atoms with Crippen LogP contribution >= 0.6 is 0 Å². The summed E-state index contributed by atoms with van der Waals surface area (Å²) in [6.07, 6.45) is 1.88. The summed E-state index contributed by atoms with van der Waals surface area (Å²) in [5, 5.41) is 12.6. The Balaban J connectivity index is 0.00000765. The Labute approximate surface area is 449 Å². The number of phenolic OH excluding ortho intramolecular Hbond substituents is 1. The Morgan fingerprint density at radius 2 is 1.15 bits per heavy atom. The molecule has 5 heteroatoms. The van der Waals surface area contributed by atoms with Crippen molar-refractivity contribution in [3.63, 3.8) is 0 Å². The van der Waals surface area contributed by atoms with Crippen LogP contribution in [0.2, 0.25) is 0 Å². The largest absolute Gasteiger partial charge is 0.507 e. The molecule has 72 heavy (non-hydrogen) atoms. The predicted molar refractivity (Wildman–Crippen MR) is 302 cm³/mol. The van der Waals surface area contributed by atoms with E-state index >= 15 is 0 Å². The molecular weight excluding hydrogens is 1060 g/mol. The summed E-state index contributed by atoms with van der Waals surface area (Å²) in [7, 11) is 0. The molecule has 0 aliphatic rings. The number of pyridine rings is 1. The van der Waals surface area contributed by atoms with Crippen LogP contribution in [0.1, 0.15) is 141 Å². The quantitative estimate of drug-likeness (QED) is 0.157. The molecule has 0 aliphatic heterocycles. The zero-order valence-corrected chi connectivity index (χ0v) is 46.5. The minimum absolute atomic E-state index is 0. The van der Waals surface area contributed by atoms with Gasteiger partial charge in [-0.1, -0.05) is 193 Å². The average molecular weight is 1130 g/mol. The van der Waals surface area contributed by atoms with E-state index in [1.54, 1.807) is 6.07 Å². The Kier molecular flexibility index (Phi) is 12.9. The van der Waals surface area contributed by atoms with E-state index in [9.17, 15) is 10.6 Å². The standard InChI is InChI=1S/C67H71N3O.Pt/c1-41(2)53-22-18-23-54(42(3)4)61(53)48-30-31-59(43(5)34-48)70-60-25-19-24-55(62(60)69-64(70)56-39-52(66(9,10)11)40-57(63(56)71)67(12,13)14)49-35-50(37-51(36-49)65(6,7)8)58-38-47(32-33-68-58)46-28-26-45(27-29-46)44-20-16-15-17-21-44;/h15-42,71H,1-14H3;/i5D3,41D;. The summed E-state index contributed by atoms with van der Waals surface area (Å²) in [5.41, 5.74) is 15.9. The third-order valence-electron chi connectivity index (χ3n) is 14.0. The van der Waals surface area contributed by atoms with Gasteiger partial charge in [-0.25, -0.2) is 4.98 Å². The van der Waals surface area contributed by atoms with Gasteiger partial charge in [0.25, 0.3) is 0 Å². The fraction of sp³-hybridized carbons (Fsp3) is 0.284. The average Bonchev–Trinajstić information content (AvgIpc) is 3.74. The number of benzene rings is 7. The summed E-state index contributed by atoms with van der Waals surface area (Å²) in [6.45, 7) is 24.9. The van der Waals surface area contributed by atoms with Gasteiger partial charge in [0.2, 0.25) is 0 Å². The number of hydrogen-bond donors (Lipinski definition) is 1. The molecule has 0 amide bonds. The number of phenols is 1. The number of aromatic hydroxyl groups is 1. The van der Waals surface area contributed by atoms with Crippen molar-refractivity contribution in [2.24, 2.45) is 0 Å². The third-order valence-corrected chi connectivity index (χ3v) is 14.0. The number of rotatable bonds is 9. The number of hydrogen-bond acceptors (Lipinski definition) is 3. The molecular formula is C67H71N3OPt. The first-order valence-electron chi connectivity index (χ1n) is 27.1. The Bertz CT molecular complexity index is 3600. The normalized spacial score (nSPS) is 13.4. The minimum atomic E-state index is -2.58. The molecule has 0 unspecified atom stereocenters. The van der Waals surface area contributed by atoms with E-state index in [4.69, 9.17) is 9.97 Å². The zero-order valence-electron chi connectivity index (χ0n) is 48.2. The van der Waals surface area contributed by atoms with Crippen molar-refractivity contribution in [1.29, 1.82) is 0 Å². The van der Waals surface area contributed by atoms with E-state index in [2.05, 4.69) is 173 Å². The molecule has 0 atom stereocenters. The number of nitrogens with zero attached hydrogens (tertiary/aromatic N) is 3. The summed E-state index contributed by atoms with van der Waals surface area (Å²) >= 11 is 0. The van der Waals surface area contributed by atoms with Crippen molar-refractivity contribution < 1.29 is 31.7 Å². The fourth-order valence-corrected chi connectivity index (χ4v) is 9.86. The first kappa shape index (κ1) is 46.7. The maximum atomic E-state index is 12.6. The number of para-hydroxylation sites is 1. The molecule has 1 N–H and O–H groups in total. The van der Waals surface area contributed by atoms with Gasteiger partial charge in [0.15, 0.2) is 0 Å². The maximum absolute atomic E-state index is 12.6. The van der Waals surface area contributed by atoms with Crippen LogP contribution in [0, 0.1) is 6.85 Å². The van der Waals surface area contributed by atoms with Gasteiger partial charge in [0, 0.05) is 49.4 Å². The van der Waals surface area contributed by atoms with Crippen LogP contribution in [0.4, 0.5) is 0 Å². The Morgan fingerprint density at radius 1 is 0.542 bits per heavy atom. The first-order valence-corrected chi connectivity index (χ1v) is 25.1. The second kappa shape index (κ2) is 19.9. The smallest absolute Gasteiger partial charge is 0.149 e. The molecule has 0 spiro atoms. The number of aromatic nitrogens is 3. The van der Waals surface area contributed by atoms with E-state index in [0.717, 1.165) is 78.0 Å². The van der Waals surface area contributed by atoms with Crippen molar-refractivity contribution in [3.8, 4) is 78.6 Å². The van der Waals surface area contributed by atoms with Gasteiger partial charge in [-0.2, -0.15) is 0 Å². The SMILES string of the molecule is [2H]C([2H])([2H])c1cc(-c2c(C(C)C)cccc2C([2H])(C)C)ccc1-n1c(-c2cc(C(C)(C)C)cc(C(C)(C)C)c2O)nc2c(-c3cc(-c4cc(-c5ccc(-c6ccccc6)cc5)ccn4)cc(C(C)(C)C)c3)cccc21.[Pt]. The molecule has 0 bridgehead atoms. The summed E-state index contributed by atoms with van der Waals surface area (Å²) < 4.78 is 38.9. The fourth-order valence-electron chi connectivity index (χ4n) is 9.86. The molecule has 2 heterocycles. The third kappa shape index (κ3) is 10.2. The molecule has 9 aromatic rings. The Hall–Kier alpha value is -6.35. The van der Waals surface area contributed by atoms with Crippen molar-refractivity contribution in [2.45, 2.75) is 125 Å². The van der Waals surface area contributed by atoms with Crippen LogP contribution in [-0.4, -0.2) is 19.6 Å². The second-order valence-electron chi connectivity index (χ2n) is 22.9. The first-order chi connectivity index (χ1) is 35.1. The molecule has 0 saturated heterocycles. The van der Waals surface area contributed by atoms with E-state index in [0.29, 0.717) is 28.1 Å². The van der Waals surface area contributed by atoms with Crippen LogP contribution in [0.5, 0.6) is 5.75 Å². The van der Waals surface area contributed by atoms with Crippen molar-refractivity contribution in [3.05, 3.63) is 191 Å². The molecule has 4 nitrogen and oxygen atoms in total. The van der Waals surface area contributed by atoms with Gasteiger partial charge in [-0.05, 0) is 150 Å². The van der Waals surface area contributed by atoms with E-state index in [1.807, 2.05) is 73.1 Å². The van der Waals surface area contributed by atoms with Crippen LogP contribution in [0.3, 0.4) is 0 Å². The van der Waals surface area contributed by atoms with Crippen molar-refractivity contribution in [2.75, 3.05) is 0 Å². The van der Waals surface area contributed by atoms with E-state index in [-0.39, 0.29) is 49.1 Å². The second-order valence-corrected chi connectivity index (χ2v) is 22.9. The van der Waals surface area contributed by atoms with Crippen molar-refractivity contribution >= 4 is 11.0 Å². The molecule has 370 valence electrons. The van der Waals surface area contributed by atoms with E-state index in [1.165, 1.54) is 5.56 Å². The van der Waals surface area contributed by atoms with Crippen LogP contribution in [-0.2, 0) is 37.3 Å². The summed E-state index contributed by atoms with van der Waals surface area (Å²) in [4.78, 5) is 10.6. The van der Waals surface area contributed by atoms with Gasteiger partial charge in [0.05, 0.1) is 28.0 Å². The van der Waals surface area contributed by atoms with Gasteiger partial charge >= 0.3 is 0 Å². The number of imidazole rings is 1. The van der Waals surface area contributed by atoms with Crippen molar-refractivity contribution in [1.82, 2.24) is 14.5 Å². The van der Waals surface area contributed by atoms with Gasteiger partial charge < -0.3 is 5.11 Å².